The number of likely N-dealkylation sites (tertiary alicyclic amines) is 1. The largest absolute Gasteiger partial charge is 0.493 e. The van der Waals surface area contributed by atoms with E-state index in [1.165, 1.54) is 0 Å². The van der Waals surface area contributed by atoms with Crippen molar-refractivity contribution in [3.63, 3.8) is 0 Å². The van der Waals surface area contributed by atoms with Crippen molar-refractivity contribution in [2.24, 2.45) is 5.92 Å². The predicted molar refractivity (Wildman–Crippen MR) is 112 cm³/mol. The molecule has 2 N–H and O–H groups in total. The Bertz CT molecular complexity index is 815. The molecule has 0 unspecified atom stereocenters. The van der Waals surface area contributed by atoms with Gasteiger partial charge in [-0.2, -0.15) is 0 Å². The fourth-order valence-corrected chi connectivity index (χ4v) is 3.92. The maximum atomic E-state index is 12.9. The Balaban J connectivity index is 1.99. The Hall–Kier alpha value is -2.74. The maximum Gasteiger partial charge on any atom is 0.338 e. The fraction of sp³-hybridized carbons (Fsp3) is 0.545. The first-order valence-electron chi connectivity index (χ1n) is 10.4. The second-order valence-electron chi connectivity index (χ2n) is 7.72. The van der Waals surface area contributed by atoms with Crippen LogP contribution in [0.2, 0.25) is 0 Å². The van der Waals surface area contributed by atoms with Crippen LogP contribution >= 0.6 is 0 Å². The molecule has 164 valence electrons. The Morgan fingerprint density at radius 3 is 2.50 bits per heavy atom. The molecule has 8 heteroatoms. The van der Waals surface area contributed by atoms with Gasteiger partial charge in [-0.3, -0.25) is 4.90 Å². The van der Waals surface area contributed by atoms with Crippen molar-refractivity contribution >= 4 is 12.0 Å². The average molecular weight is 418 g/mol. The number of methoxy groups -OCH3 is 2. The van der Waals surface area contributed by atoms with Crippen molar-refractivity contribution in [1.82, 2.24) is 15.5 Å². The highest BCUT2D eigenvalue weighted by Crippen LogP contribution is 2.34. The second kappa shape index (κ2) is 9.84. The van der Waals surface area contributed by atoms with E-state index in [0.717, 1.165) is 31.5 Å². The summed E-state index contributed by atoms with van der Waals surface area (Å²) in [4.78, 5) is 27.7. The van der Waals surface area contributed by atoms with Gasteiger partial charge in [-0.25, -0.2) is 9.59 Å². The van der Waals surface area contributed by atoms with Crippen LogP contribution in [0.15, 0.2) is 29.5 Å². The number of amides is 2. The number of rotatable bonds is 7. The van der Waals surface area contributed by atoms with Crippen LogP contribution in [0.5, 0.6) is 11.5 Å². The van der Waals surface area contributed by atoms with E-state index in [-0.39, 0.29) is 12.6 Å². The molecular weight excluding hydrogens is 386 g/mol. The number of piperidine rings is 1. The number of esters is 1. The van der Waals surface area contributed by atoms with Crippen molar-refractivity contribution < 1.29 is 23.8 Å². The van der Waals surface area contributed by atoms with Gasteiger partial charge in [0.05, 0.1) is 32.4 Å². The normalized spacial score (nSPS) is 20.4. The minimum atomic E-state index is -0.642. The summed E-state index contributed by atoms with van der Waals surface area (Å²) in [6.07, 6.45) is 2.21. The minimum absolute atomic E-state index is 0.253. The van der Waals surface area contributed by atoms with Crippen molar-refractivity contribution in [3.8, 4) is 11.5 Å². The third-order valence-corrected chi connectivity index (χ3v) is 5.65. The van der Waals surface area contributed by atoms with Crippen LogP contribution in [-0.4, -0.2) is 57.4 Å². The van der Waals surface area contributed by atoms with Gasteiger partial charge in [0.2, 0.25) is 0 Å². The molecule has 1 saturated heterocycles. The van der Waals surface area contributed by atoms with E-state index in [9.17, 15) is 9.59 Å². The molecule has 0 radical (unpaired) electrons. The lowest BCUT2D eigenvalue weighted by molar-refractivity contribution is -0.139. The standard InChI is InChI=1S/C22H31N3O5/c1-5-30-21(26)19-16(13-25-10-8-14(2)9-11-25)23-22(27)24-20(19)15-6-7-17(28-3)18(12-15)29-4/h6-7,12,14,20H,5,8-11,13H2,1-4H3,(H2,23,24,27)/t20-/m1/s1. The summed E-state index contributed by atoms with van der Waals surface area (Å²) in [7, 11) is 3.11. The van der Waals surface area contributed by atoms with Crippen LogP contribution in [-0.2, 0) is 9.53 Å². The number of nitrogens with one attached hydrogen (secondary N) is 2. The van der Waals surface area contributed by atoms with Crippen LogP contribution in [0.4, 0.5) is 4.79 Å². The highest BCUT2D eigenvalue weighted by atomic mass is 16.5. The van der Waals surface area contributed by atoms with E-state index >= 15 is 0 Å². The van der Waals surface area contributed by atoms with Crippen LogP contribution in [0.25, 0.3) is 0 Å². The maximum absolute atomic E-state index is 12.9. The SMILES string of the molecule is CCOC(=O)C1=C(CN2CCC(C)CC2)NC(=O)N[C@@H]1c1ccc(OC)c(OC)c1. The average Bonchev–Trinajstić information content (AvgIpc) is 2.74. The van der Waals surface area contributed by atoms with Gasteiger partial charge in [-0.05, 0) is 56.5 Å². The number of ether oxygens (including phenoxy) is 3. The van der Waals surface area contributed by atoms with Gasteiger partial charge >= 0.3 is 12.0 Å². The topological polar surface area (TPSA) is 89.1 Å². The highest BCUT2D eigenvalue weighted by molar-refractivity contribution is 5.95. The van der Waals surface area contributed by atoms with Crippen molar-refractivity contribution in [2.75, 3.05) is 40.5 Å². The van der Waals surface area contributed by atoms with Gasteiger partial charge in [0.25, 0.3) is 0 Å². The molecule has 2 aliphatic heterocycles. The summed E-state index contributed by atoms with van der Waals surface area (Å²) in [5, 5.41) is 5.71. The Morgan fingerprint density at radius 2 is 1.87 bits per heavy atom. The number of carbonyl (C=O) groups is 2. The quantitative estimate of drug-likeness (QED) is 0.663. The molecule has 1 atom stereocenters. The molecule has 2 heterocycles. The monoisotopic (exact) mass is 417 g/mol. The highest BCUT2D eigenvalue weighted by Gasteiger charge is 2.35. The molecule has 0 spiro atoms. The summed E-state index contributed by atoms with van der Waals surface area (Å²) < 4.78 is 16.1. The van der Waals surface area contributed by atoms with Crippen LogP contribution in [0, 0.1) is 5.92 Å². The smallest absolute Gasteiger partial charge is 0.338 e. The molecule has 0 bridgehead atoms. The lowest BCUT2D eigenvalue weighted by Crippen LogP contribution is -2.49. The number of urea groups is 1. The first-order chi connectivity index (χ1) is 14.5. The molecule has 3 rings (SSSR count). The van der Waals surface area contributed by atoms with E-state index < -0.39 is 12.0 Å². The number of nitrogens with zero attached hydrogens (tertiary/aromatic N) is 1. The van der Waals surface area contributed by atoms with Crippen molar-refractivity contribution in [3.05, 3.63) is 35.0 Å². The van der Waals surface area contributed by atoms with Crippen LogP contribution in [0.1, 0.15) is 38.3 Å². The zero-order valence-electron chi connectivity index (χ0n) is 18.1. The molecule has 1 aromatic carbocycles. The van der Waals surface area contributed by atoms with E-state index in [2.05, 4.69) is 22.5 Å². The lowest BCUT2D eigenvalue weighted by Gasteiger charge is -2.34. The fourth-order valence-electron chi connectivity index (χ4n) is 3.92. The Morgan fingerprint density at radius 1 is 1.17 bits per heavy atom. The lowest BCUT2D eigenvalue weighted by atomic mass is 9.94. The number of hydrogen-bond donors (Lipinski definition) is 2. The van der Waals surface area contributed by atoms with E-state index in [1.807, 2.05) is 6.07 Å². The second-order valence-corrected chi connectivity index (χ2v) is 7.72. The molecular formula is C22H31N3O5. The predicted octanol–water partition coefficient (Wildman–Crippen LogP) is 2.61. The van der Waals surface area contributed by atoms with E-state index in [0.29, 0.717) is 35.2 Å². The summed E-state index contributed by atoms with van der Waals surface area (Å²) in [6, 6.07) is 4.36. The summed E-state index contributed by atoms with van der Waals surface area (Å²) >= 11 is 0. The van der Waals surface area contributed by atoms with Gasteiger partial charge < -0.3 is 24.8 Å². The molecule has 1 fully saturated rings. The molecule has 30 heavy (non-hydrogen) atoms. The van der Waals surface area contributed by atoms with Gasteiger partial charge in [0.1, 0.15) is 0 Å². The zero-order chi connectivity index (χ0) is 21.7. The molecule has 2 aliphatic rings. The molecule has 8 nitrogen and oxygen atoms in total. The van der Waals surface area contributed by atoms with E-state index in [1.54, 1.807) is 33.3 Å². The minimum Gasteiger partial charge on any atom is -0.493 e. The molecule has 1 aromatic rings. The molecule has 2 amide bonds. The van der Waals surface area contributed by atoms with Gasteiger partial charge in [0, 0.05) is 12.2 Å². The zero-order valence-corrected chi connectivity index (χ0v) is 18.1. The molecule has 0 aliphatic carbocycles. The van der Waals surface area contributed by atoms with Crippen molar-refractivity contribution in [1.29, 1.82) is 0 Å². The summed E-state index contributed by atoms with van der Waals surface area (Å²) in [5.41, 5.74) is 1.73. The third kappa shape index (κ3) is 4.87. The first kappa shape index (κ1) is 22.0. The summed E-state index contributed by atoms with van der Waals surface area (Å²) in [6.45, 7) is 6.64. The number of hydrogen-bond acceptors (Lipinski definition) is 6. The number of benzene rings is 1. The Kier molecular flexibility index (Phi) is 7.20. The van der Waals surface area contributed by atoms with Gasteiger partial charge in [-0.1, -0.05) is 13.0 Å². The third-order valence-electron chi connectivity index (χ3n) is 5.65. The molecule has 0 aromatic heterocycles. The van der Waals surface area contributed by atoms with Gasteiger partial charge in [-0.15, -0.1) is 0 Å². The first-order valence-corrected chi connectivity index (χ1v) is 10.4. The van der Waals surface area contributed by atoms with Crippen LogP contribution in [0.3, 0.4) is 0 Å². The molecule has 0 saturated carbocycles. The number of carbonyl (C=O) groups excluding carboxylic acids is 2. The van der Waals surface area contributed by atoms with E-state index in [4.69, 9.17) is 14.2 Å². The Labute approximate surface area is 177 Å². The summed E-state index contributed by atoms with van der Waals surface area (Å²) in [5.74, 6) is 1.36. The van der Waals surface area contributed by atoms with Crippen LogP contribution < -0.4 is 20.1 Å². The van der Waals surface area contributed by atoms with Crippen molar-refractivity contribution in [2.45, 2.75) is 32.7 Å². The van der Waals surface area contributed by atoms with Gasteiger partial charge in [0.15, 0.2) is 11.5 Å².